The molecule has 0 fully saturated rings. The van der Waals surface area contributed by atoms with Gasteiger partial charge in [0.15, 0.2) is 11.5 Å². The van der Waals surface area contributed by atoms with Crippen LogP contribution in [0.25, 0.3) is 11.2 Å². The molecule has 0 spiro atoms. The van der Waals surface area contributed by atoms with Gasteiger partial charge in [0, 0.05) is 13.1 Å². The van der Waals surface area contributed by atoms with Crippen molar-refractivity contribution in [3.05, 3.63) is 12.4 Å². The lowest BCUT2D eigenvalue weighted by Gasteiger charge is -2.09. The topological polar surface area (TPSA) is 116 Å². The zero-order valence-electron chi connectivity index (χ0n) is 11.0. The molecule has 2 aromatic rings. The van der Waals surface area contributed by atoms with Crippen LogP contribution in [0.2, 0.25) is 0 Å². The molecule has 2 heterocycles. The Hall–Kier alpha value is -1.81. The Labute approximate surface area is 115 Å². The molecule has 10 heteroatoms. The molecule has 0 saturated carbocycles. The first-order chi connectivity index (χ1) is 9.31. The van der Waals surface area contributed by atoms with Crippen LogP contribution < -0.4 is 10.5 Å². The fourth-order valence-corrected chi connectivity index (χ4v) is 2.29. The molecular formula is C10H15FN6O2S. The number of nitrogens with two attached hydrogens (primary N) is 1. The summed E-state index contributed by atoms with van der Waals surface area (Å²) in [5, 5.41) is -0.516. The van der Waals surface area contributed by atoms with E-state index in [0.29, 0.717) is 0 Å². The maximum atomic E-state index is 13.1. The van der Waals surface area contributed by atoms with Crippen molar-refractivity contribution in [1.29, 1.82) is 0 Å². The molecule has 8 nitrogen and oxygen atoms in total. The van der Waals surface area contributed by atoms with Crippen LogP contribution in [0, 0.1) is 6.08 Å². The molecule has 0 aliphatic carbocycles. The normalized spacial score (nSPS) is 12.4. The number of imidazole rings is 1. The van der Waals surface area contributed by atoms with Gasteiger partial charge in [-0.25, -0.2) is 18.1 Å². The van der Waals surface area contributed by atoms with Gasteiger partial charge >= 0.3 is 6.08 Å². The number of aromatic nitrogens is 4. The number of hydrogen-bond acceptors (Lipinski definition) is 6. The number of fused-ring (bicyclic) bond motifs is 1. The highest BCUT2D eigenvalue weighted by atomic mass is 32.2. The van der Waals surface area contributed by atoms with E-state index in [0.717, 1.165) is 0 Å². The molecule has 0 saturated heterocycles. The Bertz CT molecular complexity index is 727. The Kier molecular flexibility index (Phi) is 3.86. The van der Waals surface area contributed by atoms with Gasteiger partial charge in [-0.05, 0) is 13.8 Å². The van der Waals surface area contributed by atoms with E-state index in [2.05, 4.69) is 19.7 Å². The van der Waals surface area contributed by atoms with Gasteiger partial charge in [0.25, 0.3) is 0 Å². The van der Waals surface area contributed by atoms with Gasteiger partial charge in [-0.3, -0.25) is 0 Å². The van der Waals surface area contributed by atoms with E-state index in [-0.39, 0.29) is 30.1 Å². The van der Waals surface area contributed by atoms with Crippen LogP contribution in [0.3, 0.4) is 0 Å². The van der Waals surface area contributed by atoms with Crippen molar-refractivity contribution in [1.82, 2.24) is 24.2 Å². The molecule has 110 valence electrons. The minimum atomic E-state index is -3.34. The fraction of sp³-hybridized carbons (Fsp3) is 0.500. The molecule has 0 unspecified atom stereocenters. The first-order valence-corrected chi connectivity index (χ1v) is 7.48. The summed E-state index contributed by atoms with van der Waals surface area (Å²) < 4.78 is 40.3. The van der Waals surface area contributed by atoms with Crippen LogP contribution in [0.1, 0.15) is 13.8 Å². The van der Waals surface area contributed by atoms with Crippen LogP contribution in [0.15, 0.2) is 6.33 Å². The van der Waals surface area contributed by atoms with Crippen molar-refractivity contribution in [3.8, 4) is 0 Å². The number of anilines is 1. The van der Waals surface area contributed by atoms with Crippen molar-refractivity contribution < 1.29 is 12.8 Å². The minimum absolute atomic E-state index is 0.0472. The zero-order valence-corrected chi connectivity index (χ0v) is 11.9. The molecule has 0 atom stereocenters. The smallest absolute Gasteiger partial charge is 0.312 e. The Morgan fingerprint density at radius 1 is 1.45 bits per heavy atom. The molecule has 0 aliphatic rings. The first-order valence-electron chi connectivity index (χ1n) is 5.93. The van der Waals surface area contributed by atoms with Crippen molar-refractivity contribution in [2.24, 2.45) is 0 Å². The lowest BCUT2D eigenvalue weighted by molar-refractivity contribution is 0.541. The third-order valence-electron chi connectivity index (χ3n) is 2.74. The lowest BCUT2D eigenvalue weighted by Crippen LogP contribution is -2.33. The number of halogens is 1. The van der Waals surface area contributed by atoms with Crippen LogP contribution >= 0.6 is 0 Å². The monoisotopic (exact) mass is 302 g/mol. The fourth-order valence-electron chi connectivity index (χ4n) is 1.58. The molecule has 20 heavy (non-hydrogen) atoms. The van der Waals surface area contributed by atoms with Crippen molar-refractivity contribution in [2.45, 2.75) is 25.6 Å². The molecule has 2 aromatic heterocycles. The third-order valence-corrected chi connectivity index (χ3v) is 4.59. The van der Waals surface area contributed by atoms with Gasteiger partial charge in [0.05, 0.1) is 11.6 Å². The van der Waals surface area contributed by atoms with Crippen molar-refractivity contribution in [2.75, 3.05) is 12.3 Å². The molecule has 2 rings (SSSR count). The summed E-state index contributed by atoms with van der Waals surface area (Å²) in [7, 11) is -3.34. The maximum Gasteiger partial charge on any atom is 0.312 e. The number of rotatable bonds is 5. The summed E-state index contributed by atoms with van der Waals surface area (Å²) in [5.41, 5.74) is 6.05. The molecule has 0 bridgehead atoms. The summed E-state index contributed by atoms with van der Waals surface area (Å²) in [6.45, 7) is 3.58. The van der Waals surface area contributed by atoms with E-state index in [4.69, 9.17) is 5.73 Å². The second-order valence-corrected chi connectivity index (χ2v) is 6.80. The standard InChI is InChI=1S/C10H15FN6O2S/c1-6(2)20(18,19)14-3-4-17-5-13-7-8(12)15-10(11)16-9(7)17/h5-6,14H,3-4H2,1-2H3,(H2,12,15,16). The summed E-state index contributed by atoms with van der Waals surface area (Å²) >= 11 is 0. The van der Waals surface area contributed by atoms with Crippen LogP contribution in [0.4, 0.5) is 10.2 Å². The van der Waals surface area contributed by atoms with Crippen LogP contribution in [-0.2, 0) is 16.6 Å². The highest BCUT2D eigenvalue weighted by molar-refractivity contribution is 7.90. The van der Waals surface area contributed by atoms with E-state index >= 15 is 0 Å². The molecule has 3 N–H and O–H groups in total. The number of sulfonamides is 1. The third kappa shape index (κ3) is 2.85. The highest BCUT2D eigenvalue weighted by Gasteiger charge is 2.15. The van der Waals surface area contributed by atoms with Crippen molar-refractivity contribution >= 4 is 27.0 Å². The Balaban J connectivity index is 2.15. The summed E-state index contributed by atoms with van der Waals surface area (Å²) in [4.78, 5) is 11.0. The predicted molar refractivity (Wildman–Crippen MR) is 71.8 cm³/mol. The Morgan fingerprint density at radius 2 is 2.15 bits per heavy atom. The Morgan fingerprint density at radius 3 is 2.80 bits per heavy atom. The van der Waals surface area contributed by atoms with Gasteiger partial charge < -0.3 is 10.3 Å². The molecule has 0 aromatic carbocycles. The van der Waals surface area contributed by atoms with E-state index in [9.17, 15) is 12.8 Å². The largest absolute Gasteiger partial charge is 0.382 e. The summed E-state index contributed by atoms with van der Waals surface area (Å²) in [6, 6.07) is 0. The van der Waals surface area contributed by atoms with Gasteiger partial charge in [0.1, 0.15) is 5.52 Å². The van der Waals surface area contributed by atoms with Crippen molar-refractivity contribution in [3.63, 3.8) is 0 Å². The predicted octanol–water partition coefficient (Wildman–Crippen LogP) is -0.125. The van der Waals surface area contributed by atoms with E-state index in [1.54, 1.807) is 13.8 Å². The number of nitrogens with zero attached hydrogens (tertiary/aromatic N) is 4. The second-order valence-electron chi connectivity index (χ2n) is 4.48. The average molecular weight is 302 g/mol. The van der Waals surface area contributed by atoms with Crippen LogP contribution in [-0.4, -0.2) is 39.7 Å². The SMILES string of the molecule is CC(C)S(=O)(=O)NCCn1cnc2c(N)nc(F)nc21. The number of hydrogen-bond donors (Lipinski definition) is 2. The molecule has 0 aliphatic heterocycles. The number of nitrogens with one attached hydrogen (secondary N) is 1. The van der Waals surface area contributed by atoms with Gasteiger partial charge in [-0.15, -0.1) is 0 Å². The van der Waals surface area contributed by atoms with Gasteiger partial charge in [-0.2, -0.15) is 14.4 Å². The van der Waals surface area contributed by atoms with Gasteiger partial charge in [-0.1, -0.05) is 0 Å². The van der Waals surface area contributed by atoms with E-state index in [1.165, 1.54) is 10.9 Å². The van der Waals surface area contributed by atoms with Crippen LogP contribution in [0.5, 0.6) is 0 Å². The molecular weight excluding hydrogens is 287 g/mol. The van der Waals surface area contributed by atoms with E-state index in [1.807, 2.05) is 0 Å². The van der Waals surface area contributed by atoms with E-state index < -0.39 is 21.4 Å². The minimum Gasteiger partial charge on any atom is -0.382 e. The number of nitrogen functional groups attached to an aromatic ring is 1. The maximum absolute atomic E-state index is 13.1. The first kappa shape index (κ1) is 14.6. The quantitative estimate of drug-likeness (QED) is 0.744. The lowest BCUT2D eigenvalue weighted by atomic mass is 10.5. The second kappa shape index (κ2) is 5.29. The van der Waals surface area contributed by atoms with Gasteiger partial charge in [0.2, 0.25) is 10.0 Å². The zero-order chi connectivity index (χ0) is 14.9. The molecule has 0 radical (unpaired) electrons. The summed E-state index contributed by atoms with van der Waals surface area (Å²) in [6.07, 6.45) is 0.471. The summed E-state index contributed by atoms with van der Waals surface area (Å²) in [5.74, 6) is -0.0472. The highest BCUT2D eigenvalue weighted by Crippen LogP contribution is 2.15. The average Bonchev–Trinajstić information content (AvgIpc) is 2.72. The molecule has 0 amide bonds.